The number of ether oxygens (including phenoxy) is 1. The molecule has 0 N–H and O–H groups in total. The van der Waals surface area contributed by atoms with Crippen LogP contribution in [-0.2, 0) is 10.3 Å². The highest BCUT2D eigenvalue weighted by Gasteiger charge is 2.58. The van der Waals surface area contributed by atoms with Crippen LogP contribution >= 0.6 is 0 Å². The molecular formula is C20H24O. The van der Waals surface area contributed by atoms with Crippen molar-refractivity contribution in [3.8, 4) is 0 Å². The molecule has 1 atom stereocenters. The van der Waals surface area contributed by atoms with Crippen molar-refractivity contribution < 1.29 is 4.74 Å². The van der Waals surface area contributed by atoms with E-state index in [0.29, 0.717) is 6.10 Å². The second-order valence-corrected chi connectivity index (χ2v) is 5.92. The first-order valence-corrected chi connectivity index (χ1v) is 8.17. The fourth-order valence-electron chi connectivity index (χ4n) is 3.26. The van der Waals surface area contributed by atoms with E-state index in [2.05, 4.69) is 67.6 Å². The summed E-state index contributed by atoms with van der Waals surface area (Å²) in [7, 11) is 0. The molecule has 1 aliphatic heterocycles. The summed E-state index contributed by atoms with van der Waals surface area (Å²) in [6.07, 6.45) is 6.68. The largest absolute Gasteiger partial charge is 0.356 e. The van der Waals surface area contributed by atoms with Crippen LogP contribution in [0.3, 0.4) is 0 Å². The molecule has 1 saturated heterocycles. The van der Waals surface area contributed by atoms with Crippen LogP contribution in [0.5, 0.6) is 0 Å². The van der Waals surface area contributed by atoms with Crippen LogP contribution in [0.2, 0.25) is 0 Å². The van der Waals surface area contributed by atoms with Crippen LogP contribution in [0.1, 0.15) is 50.2 Å². The van der Waals surface area contributed by atoms with Gasteiger partial charge in [-0.2, -0.15) is 0 Å². The first-order valence-electron chi connectivity index (χ1n) is 8.17. The Labute approximate surface area is 128 Å². The van der Waals surface area contributed by atoms with Crippen molar-refractivity contribution in [1.29, 1.82) is 0 Å². The lowest BCUT2D eigenvalue weighted by Crippen LogP contribution is -2.14. The van der Waals surface area contributed by atoms with Crippen molar-refractivity contribution in [3.05, 3.63) is 71.8 Å². The van der Waals surface area contributed by atoms with Crippen molar-refractivity contribution in [1.82, 2.24) is 0 Å². The lowest BCUT2D eigenvalue weighted by atomic mass is 9.86. The van der Waals surface area contributed by atoms with E-state index in [-0.39, 0.29) is 5.60 Å². The molecular weight excluding hydrogens is 256 g/mol. The van der Waals surface area contributed by atoms with Gasteiger partial charge in [-0.25, -0.2) is 0 Å². The molecule has 0 bridgehead atoms. The lowest BCUT2D eigenvalue weighted by Gasteiger charge is -2.14. The van der Waals surface area contributed by atoms with E-state index in [9.17, 15) is 0 Å². The minimum atomic E-state index is -0.200. The van der Waals surface area contributed by atoms with Crippen LogP contribution in [0.4, 0.5) is 0 Å². The molecule has 0 spiro atoms. The number of epoxide rings is 1. The second kappa shape index (κ2) is 6.44. The Bertz CT molecular complexity index is 507. The summed E-state index contributed by atoms with van der Waals surface area (Å²) in [5.74, 6) is 0. The Balaban J connectivity index is 1.79. The van der Waals surface area contributed by atoms with Crippen LogP contribution in [0.25, 0.3) is 0 Å². The lowest BCUT2D eigenvalue weighted by molar-refractivity contribution is 0.321. The number of benzene rings is 2. The first-order chi connectivity index (χ1) is 10.4. The molecule has 1 aliphatic rings. The average Bonchev–Trinajstić information content (AvgIpc) is 3.29. The van der Waals surface area contributed by atoms with Gasteiger partial charge in [-0.1, -0.05) is 93.3 Å². The average molecular weight is 280 g/mol. The van der Waals surface area contributed by atoms with Gasteiger partial charge in [0.15, 0.2) is 0 Å². The summed E-state index contributed by atoms with van der Waals surface area (Å²) in [4.78, 5) is 0. The molecule has 1 heterocycles. The van der Waals surface area contributed by atoms with E-state index < -0.39 is 0 Å². The molecule has 2 aromatic rings. The highest BCUT2D eigenvalue weighted by atomic mass is 16.6. The van der Waals surface area contributed by atoms with Gasteiger partial charge in [-0.15, -0.1) is 0 Å². The van der Waals surface area contributed by atoms with E-state index in [1.54, 1.807) is 0 Å². The smallest absolute Gasteiger partial charge is 0.145 e. The molecule has 1 fully saturated rings. The third-order valence-electron chi connectivity index (χ3n) is 4.45. The third kappa shape index (κ3) is 2.89. The highest BCUT2D eigenvalue weighted by molar-refractivity contribution is 5.42. The van der Waals surface area contributed by atoms with Crippen LogP contribution in [0, 0.1) is 0 Å². The van der Waals surface area contributed by atoms with Crippen LogP contribution < -0.4 is 0 Å². The van der Waals surface area contributed by atoms with Gasteiger partial charge in [0.2, 0.25) is 0 Å². The molecule has 3 rings (SSSR count). The molecule has 21 heavy (non-hydrogen) atoms. The Morgan fingerprint density at radius 1 is 0.810 bits per heavy atom. The summed E-state index contributed by atoms with van der Waals surface area (Å²) < 4.78 is 6.26. The third-order valence-corrected chi connectivity index (χ3v) is 4.45. The van der Waals surface area contributed by atoms with Gasteiger partial charge in [0.1, 0.15) is 5.60 Å². The van der Waals surface area contributed by atoms with Crippen LogP contribution in [0.15, 0.2) is 60.7 Å². The SMILES string of the molecule is CCCCCCC1OC1(c1ccccc1)c1ccccc1. The second-order valence-electron chi connectivity index (χ2n) is 5.92. The van der Waals surface area contributed by atoms with E-state index in [1.165, 1.54) is 36.8 Å². The van der Waals surface area contributed by atoms with Gasteiger partial charge in [-0.3, -0.25) is 0 Å². The van der Waals surface area contributed by atoms with E-state index in [0.717, 1.165) is 6.42 Å². The topological polar surface area (TPSA) is 12.5 Å². The Morgan fingerprint density at radius 2 is 1.38 bits per heavy atom. The maximum atomic E-state index is 6.26. The van der Waals surface area contributed by atoms with Crippen molar-refractivity contribution in [2.24, 2.45) is 0 Å². The fourth-order valence-corrected chi connectivity index (χ4v) is 3.26. The summed E-state index contributed by atoms with van der Waals surface area (Å²) in [6, 6.07) is 21.3. The molecule has 110 valence electrons. The molecule has 1 unspecified atom stereocenters. The zero-order chi connectivity index (χ0) is 14.5. The van der Waals surface area contributed by atoms with Gasteiger partial charge in [-0.05, 0) is 17.5 Å². The molecule has 0 aliphatic carbocycles. The number of rotatable bonds is 7. The van der Waals surface area contributed by atoms with Gasteiger partial charge in [0.25, 0.3) is 0 Å². The summed E-state index contributed by atoms with van der Waals surface area (Å²) in [6.45, 7) is 2.26. The Kier molecular flexibility index (Phi) is 4.40. The molecule has 1 heteroatoms. The molecule has 1 nitrogen and oxygen atoms in total. The Morgan fingerprint density at radius 3 is 1.90 bits per heavy atom. The summed E-state index contributed by atoms with van der Waals surface area (Å²) in [5.41, 5.74) is 2.38. The minimum Gasteiger partial charge on any atom is -0.356 e. The van der Waals surface area contributed by atoms with Crippen LogP contribution in [-0.4, -0.2) is 6.10 Å². The summed E-state index contributed by atoms with van der Waals surface area (Å²) >= 11 is 0. The Hall–Kier alpha value is -1.60. The van der Waals surface area contributed by atoms with Crippen molar-refractivity contribution in [2.45, 2.75) is 50.7 Å². The maximum absolute atomic E-state index is 6.26. The monoisotopic (exact) mass is 280 g/mol. The van der Waals surface area contributed by atoms with Gasteiger partial charge >= 0.3 is 0 Å². The van der Waals surface area contributed by atoms with Gasteiger partial charge in [0.05, 0.1) is 6.10 Å². The fraction of sp³-hybridized carbons (Fsp3) is 0.400. The molecule has 0 aromatic heterocycles. The van der Waals surface area contributed by atoms with E-state index in [1.807, 2.05) is 0 Å². The number of hydrogen-bond acceptors (Lipinski definition) is 1. The van der Waals surface area contributed by atoms with E-state index in [4.69, 9.17) is 4.74 Å². The van der Waals surface area contributed by atoms with Crippen molar-refractivity contribution >= 4 is 0 Å². The zero-order valence-corrected chi connectivity index (χ0v) is 12.8. The van der Waals surface area contributed by atoms with Crippen molar-refractivity contribution in [2.75, 3.05) is 0 Å². The zero-order valence-electron chi connectivity index (χ0n) is 12.8. The number of unbranched alkanes of at least 4 members (excludes halogenated alkanes) is 3. The maximum Gasteiger partial charge on any atom is 0.145 e. The molecule has 0 radical (unpaired) electrons. The summed E-state index contributed by atoms with van der Waals surface area (Å²) in [5, 5.41) is 0. The quantitative estimate of drug-likeness (QED) is 0.495. The molecule has 0 amide bonds. The van der Waals surface area contributed by atoms with Crippen molar-refractivity contribution in [3.63, 3.8) is 0 Å². The predicted molar refractivity (Wildman–Crippen MR) is 87.3 cm³/mol. The normalized spacial score (nSPS) is 19.4. The highest BCUT2D eigenvalue weighted by Crippen LogP contribution is 2.53. The predicted octanol–water partition coefficient (Wildman–Crippen LogP) is 5.30. The van der Waals surface area contributed by atoms with Gasteiger partial charge < -0.3 is 4.74 Å². The number of hydrogen-bond donors (Lipinski definition) is 0. The molecule has 0 saturated carbocycles. The molecule has 2 aromatic carbocycles. The van der Waals surface area contributed by atoms with Gasteiger partial charge in [0, 0.05) is 0 Å². The van der Waals surface area contributed by atoms with E-state index >= 15 is 0 Å². The minimum absolute atomic E-state index is 0.200. The standard InChI is InChI=1S/C20H24O/c1-2-3-4-11-16-19-20(21-19,17-12-7-5-8-13-17)18-14-9-6-10-15-18/h5-10,12-15,19H,2-4,11,16H2,1H3. The first kappa shape index (κ1) is 14.3.